The van der Waals surface area contributed by atoms with Crippen LogP contribution in [0.25, 0.3) is 0 Å². The predicted octanol–water partition coefficient (Wildman–Crippen LogP) is 2.06. The highest BCUT2D eigenvalue weighted by atomic mass is 32.1. The average Bonchev–Trinajstić information content (AvgIpc) is 2.89. The van der Waals surface area contributed by atoms with Gasteiger partial charge in [0.1, 0.15) is 5.82 Å². The number of hydrogen-bond acceptors (Lipinski definition) is 3. The van der Waals surface area contributed by atoms with Crippen molar-refractivity contribution >= 4 is 11.3 Å². The van der Waals surface area contributed by atoms with E-state index < -0.39 is 0 Å². The van der Waals surface area contributed by atoms with E-state index in [9.17, 15) is 0 Å². The summed E-state index contributed by atoms with van der Waals surface area (Å²) >= 11 is 1.70. The van der Waals surface area contributed by atoms with Crippen LogP contribution < -0.4 is 5.73 Å². The molecule has 0 aliphatic carbocycles. The topological polar surface area (TPSA) is 43.8 Å². The molecule has 2 rings (SSSR count). The first-order chi connectivity index (χ1) is 7.36. The van der Waals surface area contributed by atoms with Crippen LogP contribution in [0.2, 0.25) is 0 Å². The molecule has 2 heterocycles. The lowest BCUT2D eigenvalue weighted by Crippen LogP contribution is -2.21. The van der Waals surface area contributed by atoms with Gasteiger partial charge in [-0.05, 0) is 22.4 Å². The smallest absolute Gasteiger partial charge is 0.108 e. The maximum Gasteiger partial charge on any atom is 0.108 e. The van der Waals surface area contributed by atoms with Crippen LogP contribution in [-0.4, -0.2) is 16.1 Å². The standard InChI is InChI=1S/C11H15N3S/c1-2-11-13-4-5-14(11)10(7-12)9-3-6-15-8-9/h3-6,8,10H,2,7,12H2,1H3. The molecule has 0 aliphatic heterocycles. The number of nitrogens with zero attached hydrogens (tertiary/aromatic N) is 2. The summed E-state index contributed by atoms with van der Waals surface area (Å²) in [5.74, 6) is 1.09. The third kappa shape index (κ3) is 1.96. The second-order valence-corrected chi connectivity index (χ2v) is 4.19. The van der Waals surface area contributed by atoms with Crippen LogP contribution in [-0.2, 0) is 6.42 Å². The maximum atomic E-state index is 5.83. The molecule has 0 saturated heterocycles. The highest BCUT2D eigenvalue weighted by molar-refractivity contribution is 7.07. The summed E-state index contributed by atoms with van der Waals surface area (Å²) < 4.78 is 2.17. The summed E-state index contributed by atoms with van der Waals surface area (Å²) in [6, 6.07) is 2.36. The van der Waals surface area contributed by atoms with Crippen molar-refractivity contribution in [3.63, 3.8) is 0 Å². The Morgan fingerprint density at radius 2 is 2.47 bits per heavy atom. The molecule has 0 aliphatic rings. The predicted molar refractivity (Wildman–Crippen MR) is 63.1 cm³/mol. The molecule has 2 aromatic rings. The van der Waals surface area contributed by atoms with Crippen LogP contribution in [0.3, 0.4) is 0 Å². The highest BCUT2D eigenvalue weighted by Gasteiger charge is 2.14. The molecule has 1 unspecified atom stereocenters. The molecule has 2 N–H and O–H groups in total. The van der Waals surface area contributed by atoms with E-state index in [1.807, 2.05) is 12.4 Å². The van der Waals surface area contributed by atoms with Gasteiger partial charge in [-0.2, -0.15) is 11.3 Å². The van der Waals surface area contributed by atoms with Crippen molar-refractivity contribution in [2.75, 3.05) is 6.54 Å². The molecule has 4 heteroatoms. The fraction of sp³-hybridized carbons (Fsp3) is 0.364. The van der Waals surface area contributed by atoms with Crippen LogP contribution in [0, 0.1) is 0 Å². The second kappa shape index (κ2) is 4.59. The van der Waals surface area contributed by atoms with Crippen molar-refractivity contribution in [3.05, 3.63) is 40.6 Å². The first-order valence-corrected chi connectivity index (χ1v) is 6.05. The number of aromatic nitrogens is 2. The minimum atomic E-state index is 0.230. The Labute approximate surface area is 93.6 Å². The zero-order chi connectivity index (χ0) is 10.7. The molecular formula is C11H15N3S. The van der Waals surface area contributed by atoms with E-state index in [2.05, 4.69) is 33.3 Å². The van der Waals surface area contributed by atoms with Gasteiger partial charge in [0.2, 0.25) is 0 Å². The van der Waals surface area contributed by atoms with Gasteiger partial charge < -0.3 is 10.3 Å². The van der Waals surface area contributed by atoms with Crippen molar-refractivity contribution in [2.24, 2.45) is 5.73 Å². The highest BCUT2D eigenvalue weighted by Crippen LogP contribution is 2.21. The normalized spacial score (nSPS) is 12.9. The average molecular weight is 221 g/mol. The number of rotatable bonds is 4. The van der Waals surface area contributed by atoms with Gasteiger partial charge in [0.25, 0.3) is 0 Å². The number of nitrogens with two attached hydrogens (primary N) is 1. The number of hydrogen-bond donors (Lipinski definition) is 1. The minimum absolute atomic E-state index is 0.230. The SMILES string of the molecule is CCc1nccn1C(CN)c1ccsc1. The fourth-order valence-corrected chi connectivity index (χ4v) is 2.48. The lowest BCUT2D eigenvalue weighted by atomic mass is 10.1. The van der Waals surface area contributed by atoms with Gasteiger partial charge in [-0.3, -0.25) is 0 Å². The van der Waals surface area contributed by atoms with Gasteiger partial charge in [0.15, 0.2) is 0 Å². The third-order valence-electron chi connectivity index (χ3n) is 2.55. The summed E-state index contributed by atoms with van der Waals surface area (Å²) in [5.41, 5.74) is 7.11. The fourth-order valence-electron chi connectivity index (χ4n) is 1.78. The summed E-state index contributed by atoms with van der Waals surface area (Å²) in [5, 5.41) is 4.23. The Balaban J connectivity index is 2.35. The Morgan fingerprint density at radius 3 is 3.07 bits per heavy atom. The summed E-state index contributed by atoms with van der Waals surface area (Å²) in [6.07, 6.45) is 4.79. The van der Waals surface area contributed by atoms with Crippen molar-refractivity contribution in [3.8, 4) is 0 Å². The van der Waals surface area contributed by atoms with E-state index in [1.54, 1.807) is 11.3 Å². The number of aryl methyl sites for hydroxylation is 1. The van der Waals surface area contributed by atoms with Crippen LogP contribution >= 0.6 is 11.3 Å². The third-order valence-corrected chi connectivity index (χ3v) is 3.25. The van der Waals surface area contributed by atoms with Gasteiger partial charge in [0, 0.05) is 25.4 Å². The first-order valence-electron chi connectivity index (χ1n) is 5.10. The second-order valence-electron chi connectivity index (χ2n) is 3.41. The van der Waals surface area contributed by atoms with E-state index in [4.69, 9.17) is 5.73 Å². The van der Waals surface area contributed by atoms with E-state index in [0.717, 1.165) is 12.2 Å². The van der Waals surface area contributed by atoms with Gasteiger partial charge in [0.05, 0.1) is 6.04 Å². The van der Waals surface area contributed by atoms with Crippen molar-refractivity contribution in [1.82, 2.24) is 9.55 Å². The van der Waals surface area contributed by atoms with E-state index in [1.165, 1.54) is 5.56 Å². The molecule has 0 bridgehead atoms. The van der Waals surface area contributed by atoms with E-state index in [0.29, 0.717) is 6.54 Å². The molecule has 0 amide bonds. The lowest BCUT2D eigenvalue weighted by Gasteiger charge is -2.17. The van der Waals surface area contributed by atoms with Gasteiger partial charge in [-0.25, -0.2) is 4.98 Å². The van der Waals surface area contributed by atoms with Crippen LogP contribution in [0.1, 0.15) is 24.4 Å². The molecule has 0 radical (unpaired) electrons. The molecule has 0 spiro atoms. The van der Waals surface area contributed by atoms with Crippen LogP contribution in [0.4, 0.5) is 0 Å². The minimum Gasteiger partial charge on any atom is -0.328 e. The van der Waals surface area contributed by atoms with Crippen molar-refractivity contribution in [1.29, 1.82) is 0 Å². The quantitative estimate of drug-likeness (QED) is 0.858. The van der Waals surface area contributed by atoms with Gasteiger partial charge >= 0.3 is 0 Å². The lowest BCUT2D eigenvalue weighted by molar-refractivity contribution is 0.570. The number of imidazole rings is 1. The van der Waals surface area contributed by atoms with Gasteiger partial charge in [-0.1, -0.05) is 6.92 Å². The van der Waals surface area contributed by atoms with E-state index >= 15 is 0 Å². The molecule has 2 aromatic heterocycles. The van der Waals surface area contributed by atoms with Crippen LogP contribution in [0.5, 0.6) is 0 Å². The molecule has 0 aromatic carbocycles. The van der Waals surface area contributed by atoms with E-state index in [-0.39, 0.29) is 6.04 Å². The Bertz CT molecular complexity index is 405. The largest absolute Gasteiger partial charge is 0.328 e. The maximum absolute atomic E-state index is 5.83. The molecule has 0 saturated carbocycles. The van der Waals surface area contributed by atoms with Crippen molar-refractivity contribution in [2.45, 2.75) is 19.4 Å². The van der Waals surface area contributed by atoms with Crippen LogP contribution in [0.15, 0.2) is 29.2 Å². The Hall–Kier alpha value is -1.13. The summed E-state index contributed by atoms with van der Waals surface area (Å²) in [4.78, 5) is 4.32. The zero-order valence-electron chi connectivity index (χ0n) is 8.76. The first kappa shape index (κ1) is 10.4. The summed E-state index contributed by atoms with van der Waals surface area (Å²) in [6.45, 7) is 2.72. The molecule has 3 nitrogen and oxygen atoms in total. The molecule has 0 fully saturated rings. The van der Waals surface area contributed by atoms with Crippen molar-refractivity contribution < 1.29 is 0 Å². The Morgan fingerprint density at radius 1 is 1.60 bits per heavy atom. The molecular weight excluding hydrogens is 206 g/mol. The Kier molecular flexibility index (Phi) is 3.18. The zero-order valence-corrected chi connectivity index (χ0v) is 9.57. The van der Waals surface area contributed by atoms with Gasteiger partial charge in [-0.15, -0.1) is 0 Å². The monoisotopic (exact) mass is 221 g/mol. The molecule has 80 valence electrons. The molecule has 1 atom stereocenters. The summed E-state index contributed by atoms with van der Waals surface area (Å²) in [7, 11) is 0. The number of thiophene rings is 1. The molecule has 15 heavy (non-hydrogen) atoms.